The van der Waals surface area contributed by atoms with Gasteiger partial charge in [-0.1, -0.05) is 52.8 Å². The minimum atomic E-state index is -0.181. The summed E-state index contributed by atoms with van der Waals surface area (Å²) in [6, 6.07) is 6.12. The van der Waals surface area contributed by atoms with Gasteiger partial charge in [0.05, 0.1) is 6.54 Å². The maximum Gasteiger partial charge on any atom is 0.243 e. The molecule has 0 unspecified atom stereocenters. The lowest BCUT2D eigenvalue weighted by Crippen LogP contribution is -2.33. The van der Waals surface area contributed by atoms with Crippen LogP contribution in [0.3, 0.4) is 0 Å². The molecule has 0 atom stereocenters. The number of anilines is 1. The summed E-state index contributed by atoms with van der Waals surface area (Å²) in [7, 11) is 0. The molecular weight excluding hydrogens is 276 g/mol. The molecule has 0 fully saturated rings. The van der Waals surface area contributed by atoms with Gasteiger partial charge in [0.15, 0.2) is 0 Å². The second kappa shape index (κ2) is 8.57. The van der Waals surface area contributed by atoms with Crippen LogP contribution in [0.4, 0.5) is 5.69 Å². The molecule has 0 aliphatic rings. The molecule has 0 aromatic heterocycles. The zero-order valence-electron chi connectivity index (χ0n) is 14.3. The fourth-order valence-corrected chi connectivity index (χ4v) is 2.37. The third-order valence-corrected chi connectivity index (χ3v) is 3.56. The second-order valence-electron chi connectivity index (χ2n) is 6.20. The molecule has 0 spiro atoms. The van der Waals surface area contributed by atoms with Gasteiger partial charge < -0.3 is 10.6 Å². The predicted octanol–water partition coefficient (Wildman–Crippen LogP) is 3.79. The first-order valence-electron chi connectivity index (χ1n) is 8.06. The Morgan fingerprint density at radius 2 is 1.55 bits per heavy atom. The number of para-hydroxylation sites is 1. The van der Waals surface area contributed by atoms with Crippen molar-refractivity contribution in [2.24, 2.45) is 0 Å². The molecule has 0 radical (unpaired) electrons. The zero-order valence-corrected chi connectivity index (χ0v) is 14.3. The van der Waals surface area contributed by atoms with Crippen LogP contribution < -0.4 is 10.6 Å². The molecule has 0 saturated carbocycles. The summed E-state index contributed by atoms with van der Waals surface area (Å²) in [4.78, 5) is 23.6. The highest BCUT2D eigenvalue weighted by molar-refractivity contribution is 5.96. The van der Waals surface area contributed by atoms with Crippen LogP contribution in [0.1, 0.15) is 70.4 Å². The Balaban J connectivity index is 2.86. The molecule has 1 aromatic carbocycles. The Bertz CT molecular complexity index is 496. The van der Waals surface area contributed by atoms with Gasteiger partial charge in [0.1, 0.15) is 0 Å². The van der Waals surface area contributed by atoms with Gasteiger partial charge in [-0.15, -0.1) is 0 Å². The van der Waals surface area contributed by atoms with E-state index in [2.05, 4.69) is 38.3 Å². The van der Waals surface area contributed by atoms with E-state index in [4.69, 9.17) is 0 Å². The van der Waals surface area contributed by atoms with Gasteiger partial charge in [0.2, 0.25) is 11.8 Å². The first kappa shape index (κ1) is 18.2. The van der Waals surface area contributed by atoms with Gasteiger partial charge >= 0.3 is 0 Å². The highest BCUT2D eigenvalue weighted by Gasteiger charge is 2.16. The fraction of sp³-hybridized carbons (Fsp3) is 0.556. The van der Waals surface area contributed by atoms with Crippen LogP contribution in [-0.2, 0) is 9.59 Å². The molecule has 0 heterocycles. The molecule has 122 valence electrons. The topological polar surface area (TPSA) is 58.2 Å². The molecule has 4 heteroatoms. The van der Waals surface area contributed by atoms with Gasteiger partial charge in [-0.05, 0) is 29.4 Å². The number of hydrogen-bond acceptors (Lipinski definition) is 2. The van der Waals surface area contributed by atoms with E-state index < -0.39 is 0 Å². The fourth-order valence-electron chi connectivity index (χ4n) is 2.37. The van der Waals surface area contributed by atoms with Gasteiger partial charge in [0.25, 0.3) is 0 Å². The minimum absolute atomic E-state index is 0.0167. The maximum atomic E-state index is 12.1. The third-order valence-electron chi connectivity index (χ3n) is 3.56. The summed E-state index contributed by atoms with van der Waals surface area (Å²) in [5.74, 6) is 0.380. The molecule has 1 rings (SSSR count). The van der Waals surface area contributed by atoms with Crippen molar-refractivity contribution in [1.82, 2.24) is 5.32 Å². The number of carbonyl (C=O) groups is 2. The van der Waals surface area contributed by atoms with Crippen LogP contribution in [0, 0.1) is 0 Å². The van der Waals surface area contributed by atoms with E-state index in [0.29, 0.717) is 18.3 Å². The van der Waals surface area contributed by atoms with Crippen molar-refractivity contribution >= 4 is 17.5 Å². The average Bonchev–Trinajstić information content (AvgIpc) is 2.45. The van der Waals surface area contributed by atoms with Crippen molar-refractivity contribution in [3.05, 3.63) is 29.3 Å². The highest BCUT2D eigenvalue weighted by Crippen LogP contribution is 2.32. The third kappa shape index (κ3) is 5.17. The Labute approximate surface area is 133 Å². The molecule has 2 N–H and O–H groups in total. The molecule has 0 saturated heterocycles. The van der Waals surface area contributed by atoms with Crippen LogP contribution in [0.15, 0.2) is 18.2 Å². The van der Waals surface area contributed by atoms with Crippen molar-refractivity contribution < 1.29 is 9.59 Å². The predicted molar refractivity (Wildman–Crippen MR) is 91.2 cm³/mol. The lowest BCUT2D eigenvalue weighted by atomic mass is 9.92. The number of rotatable bonds is 7. The Morgan fingerprint density at radius 1 is 1.00 bits per heavy atom. The normalized spacial score (nSPS) is 10.9. The summed E-state index contributed by atoms with van der Waals surface area (Å²) in [6.45, 7) is 10.4. The molecule has 2 amide bonds. The lowest BCUT2D eigenvalue weighted by Gasteiger charge is -2.20. The lowest BCUT2D eigenvalue weighted by molar-refractivity contribution is -0.124. The Morgan fingerprint density at radius 3 is 2.00 bits per heavy atom. The summed E-state index contributed by atoms with van der Waals surface area (Å²) >= 11 is 0. The number of carbonyl (C=O) groups excluding carboxylic acids is 2. The molecular formula is C18H28N2O2. The second-order valence-corrected chi connectivity index (χ2v) is 6.20. The van der Waals surface area contributed by atoms with Gasteiger partial charge in [-0.2, -0.15) is 0 Å². The van der Waals surface area contributed by atoms with E-state index in [0.717, 1.165) is 23.2 Å². The summed E-state index contributed by atoms with van der Waals surface area (Å²) in [5, 5.41) is 5.64. The SMILES string of the molecule is CCCC(=O)NCC(=O)Nc1c(C(C)C)cccc1C(C)C. The highest BCUT2D eigenvalue weighted by atomic mass is 16.2. The largest absolute Gasteiger partial charge is 0.347 e. The minimum Gasteiger partial charge on any atom is -0.347 e. The number of nitrogens with one attached hydrogen (secondary N) is 2. The Hall–Kier alpha value is -1.84. The first-order chi connectivity index (χ1) is 10.4. The number of amides is 2. The van der Waals surface area contributed by atoms with E-state index in [9.17, 15) is 9.59 Å². The summed E-state index contributed by atoms with van der Waals surface area (Å²) in [5.41, 5.74) is 3.14. The Kier molecular flexibility index (Phi) is 7.09. The number of hydrogen-bond donors (Lipinski definition) is 2. The van der Waals surface area contributed by atoms with E-state index in [1.165, 1.54) is 0 Å². The first-order valence-corrected chi connectivity index (χ1v) is 8.06. The van der Waals surface area contributed by atoms with Crippen molar-refractivity contribution in [3.63, 3.8) is 0 Å². The molecule has 22 heavy (non-hydrogen) atoms. The maximum absolute atomic E-state index is 12.1. The standard InChI is InChI=1S/C18H28N2O2/c1-6-8-16(21)19-11-17(22)20-18-14(12(2)3)9-7-10-15(18)13(4)5/h7,9-10,12-13H,6,8,11H2,1-5H3,(H,19,21)(H,20,22). The summed E-state index contributed by atoms with van der Waals surface area (Å²) in [6.07, 6.45) is 1.23. The van der Waals surface area contributed by atoms with Crippen LogP contribution in [-0.4, -0.2) is 18.4 Å². The molecule has 4 nitrogen and oxygen atoms in total. The van der Waals surface area contributed by atoms with Gasteiger partial charge in [0, 0.05) is 12.1 Å². The zero-order chi connectivity index (χ0) is 16.7. The average molecular weight is 304 g/mol. The van der Waals surface area contributed by atoms with E-state index in [-0.39, 0.29) is 18.4 Å². The smallest absolute Gasteiger partial charge is 0.243 e. The molecule has 0 aliphatic carbocycles. The van der Waals surface area contributed by atoms with Crippen LogP contribution in [0.5, 0.6) is 0 Å². The van der Waals surface area contributed by atoms with Crippen molar-refractivity contribution in [2.45, 2.75) is 59.3 Å². The monoisotopic (exact) mass is 304 g/mol. The van der Waals surface area contributed by atoms with Crippen molar-refractivity contribution in [2.75, 3.05) is 11.9 Å². The van der Waals surface area contributed by atoms with Gasteiger partial charge in [-0.3, -0.25) is 9.59 Å². The van der Waals surface area contributed by atoms with Gasteiger partial charge in [-0.25, -0.2) is 0 Å². The van der Waals surface area contributed by atoms with Crippen LogP contribution in [0.25, 0.3) is 0 Å². The van der Waals surface area contributed by atoms with E-state index >= 15 is 0 Å². The van der Waals surface area contributed by atoms with Crippen LogP contribution in [0.2, 0.25) is 0 Å². The number of benzene rings is 1. The van der Waals surface area contributed by atoms with Crippen LogP contribution >= 0.6 is 0 Å². The molecule has 0 bridgehead atoms. The van der Waals surface area contributed by atoms with Crippen molar-refractivity contribution in [1.29, 1.82) is 0 Å². The molecule has 1 aromatic rings. The van der Waals surface area contributed by atoms with E-state index in [1.54, 1.807) is 0 Å². The van der Waals surface area contributed by atoms with E-state index in [1.807, 2.05) is 25.1 Å². The molecule has 0 aliphatic heterocycles. The summed E-state index contributed by atoms with van der Waals surface area (Å²) < 4.78 is 0. The quantitative estimate of drug-likeness (QED) is 0.805. The van der Waals surface area contributed by atoms with Crippen molar-refractivity contribution in [3.8, 4) is 0 Å².